The molecule has 2 heteroatoms. The molecule has 2 nitrogen and oxygen atoms in total. The first-order valence-electron chi connectivity index (χ1n) is 5.89. The summed E-state index contributed by atoms with van der Waals surface area (Å²) in [6.45, 7) is 7.19. The number of ether oxygens (including phenoxy) is 2. The van der Waals surface area contributed by atoms with Gasteiger partial charge in [0.2, 0.25) is 0 Å². The van der Waals surface area contributed by atoms with E-state index < -0.39 is 0 Å². The van der Waals surface area contributed by atoms with Crippen molar-refractivity contribution in [2.75, 3.05) is 13.7 Å². The van der Waals surface area contributed by atoms with Crippen molar-refractivity contribution in [1.82, 2.24) is 0 Å². The molecule has 1 atom stereocenters. The molecule has 0 saturated carbocycles. The van der Waals surface area contributed by atoms with E-state index in [0.717, 1.165) is 18.8 Å². The quantitative estimate of drug-likeness (QED) is 0.732. The second kappa shape index (κ2) is 6.54. The van der Waals surface area contributed by atoms with E-state index in [9.17, 15) is 0 Å². The van der Waals surface area contributed by atoms with Crippen LogP contribution in [0.3, 0.4) is 0 Å². The van der Waals surface area contributed by atoms with Crippen molar-refractivity contribution in [2.24, 2.45) is 0 Å². The Balaban J connectivity index is 2.65. The van der Waals surface area contributed by atoms with Crippen LogP contribution in [0, 0.1) is 0 Å². The molecule has 0 aromatic heterocycles. The fraction of sp³-hybridized carbons (Fsp3) is 0.571. The number of para-hydroxylation sites is 1. The molecule has 0 N–H and O–H groups in total. The lowest BCUT2D eigenvalue weighted by molar-refractivity contribution is 0.134. The van der Waals surface area contributed by atoms with Gasteiger partial charge in [0.05, 0.1) is 6.10 Å². The van der Waals surface area contributed by atoms with Crippen LogP contribution >= 0.6 is 0 Å². The first-order chi connectivity index (χ1) is 7.65. The van der Waals surface area contributed by atoms with Gasteiger partial charge in [0.1, 0.15) is 5.75 Å². The first-order valence-corrected chi connectivity index (χ1v) is 5.89. The molecule has 0 amide bonds. The van der Waals surface area contributed by atoms with E-state index in [1.807, 2.05) is 12.1 Å². The highest BCUT2D eigenvalue weighted by atomic mass is 16.5. The number of rotatable bonds is 6. The van der Waals surface area contributed by atoms with Crippen molar-refractivity contribution in [3.8, 4) is 5.75 Å². The highest BCUT2D eigenvalue weighted by molar-refractivity contribution is 5.35. The minimum atomic E-state index is 0.194. The lowest BCUT2D eigenvalue weighted by Gasteiger charge is -2.18. The Kier molecular flexibility index (Phi) is 5.33. The van der Waals surface area contributed by atoms with Gasteiger partial charge in [-0.2, -0.15) is 0 Å². The molecule has 0 spiro atoms. The summed E-state index contributed by atoms with van der Waals surface area (Å²) in [6, 6.07) is 8.24. The maximum absolute atomic E-state index is 5.93. The largest absolute Gasteiger partial charge is 0.490 e. The van der Waals surface area contributed by atoms with E-state index in [-0.39, 0.29) is 6.10 Å². The van der Waals surface area contributed by atoms with E-state index in [1.54, 1.807) is 7.11 Å². The van der Waals surface area contributed by atoms with E-state index in [0.29, 0.717) is 5.92 Å². The normalized spacial score (nSPS) is 12.8. The van der Waals surface area contributed by atoms with Gasteiger partial charge in [-0.1, -0.05) is 32.0 Å². The second-order valence-electron chi connectivity index (χ2n) is 4.40. The summed E-state index contributed by atoms with van der Waals surface area (Å²) in [6.07, 6.45) is 1.11. The standard InChI is InChI=1S/C14H22O2/c1-11(2)13-7-5-6-8-14(13)16-12(3)9-10-15-4/h5-8,11-12H,9-10H2,1-4H3. The fourth-order valence-corrected chi connectivity index (χ4v) is 1.62. The van der Waals surface area contributed by atoms with Crippen LogP contribution in [0.4, 0.5) is 0 Å². The smallest absolute Gasteiger partial charge is 0.123 e. The summed E-state index contributed by atoms with van der Waals surface area (Å²) in [7, 11) is 1.72. The third-order valence-electron chi connectivity index (χ3n) is 2.60. The molecular weight excluding hydrogens is 200 g/mol. The van der Waals surface area contributed by atoms with Gasteiger partial charge < -0.3 is 9.47 Å². The van der Waals surface area contributed by atoms with E-state index in [4.69, 9.17) is 9.47 Å². The van der Waals surface area contributed by atoms with Gasteiger partial charge in [0.15, 0.2) is 0 Å². The topological polar surface area (TPSA) is 18.5 Å². The van der Waals surface area contributed by atoms with Crippen LogP contribution in [-0.2, 0) is 4.74 Å². The van der Waals surface area contributed by atoms with E-state index >= 15 is 0 Å². The fourth-order valence-electron chi connectivity index (χ4n) is 1.62. The van der Waals surface area contributed by atoms with Crippen LogP contribution in [0.1, 0.15) is 38.7 Å². The summed E-state index contributed by atoms with van der Waals surface area (Å²) in [5.41, 5.74) is 1.27. The summed E-state index contributed by atoms with van der Waals surface area (Å²) in [5, 5.41) is 0. The predicted octanol–water partition coefficient (Wildman–Crippen LogP) is 3.61. The van der Waals surface area contributed by atoms with Gasteiger partial charge in [-0.25, -0.2) is 0 Å². The molecule has 0 aliphatic heterocycles. The van der Waals surface area contributed by atoms with Gasteiger partial charge in [-0.05, 0) is 24.5 Å². The first kappa shape index (κ1) is 13.0. The molecule has 0 radical (unpaired) electrons. The van der Waals surface area contributed by atoms with Gasteiger partial charge in [-0.15, -0.1) is 0 Å². The van der Waals surface area contributed by atoms with Crippen LogP contribution in [0.15, 0.2) is 24.3 Å². The Morgan fingerprint density at radius 2 is 1.81 bits per heavy atom. The Hall–Kier alpha value is -1.02. The Morgan fingerprint density at radius 1 is 1.12 bits per heavy atom. The summed E-state index contributed by atoms with van der Waals surface area (Å²) in [5.74, 6) is 1.49. The minimum Gasteiger partial charge on any atom is -0.490 e. The predicted molar refractivity (Wildman–Crippen MR) is 67.1 cm³/mol. The summed E-state index contributed by atoms with van der Waals surface area (Å²) in [4.78, 5) is 0. The average molecular weight is 222 g/mol. The SMILES string of the molecule is COCCC(C)Oc1ccccc1C(C)C. The van der Waals surface area contributed by atoms with Gasteiger partial charge >= 0.3 is 0 Å². The van der Waals surface area contributed by atoms with Crippen LogP contribution in [-0.4, -0.2) is 19.8 Å². The van der Waals surface area contributed by atoms with Gasteiger partial charge in [-0.3, -0.25) is 0 Å². The monoisotopic (exact) mass is 222 g/mol. The Labute approximate surface area is 98.6 Å². The maximum atomic E-state index is 5.93. The molecule has 0 aliphatic carbocycles. The van der Waals surface area contributed by atoms with Crippen LogP contribution in [0.25, 0.3) is 0 Å². The molecule has 1 aromatic rings. The molecule has 1 rings (SSSR count). The highest BCUT2D eigenvalue weighted by Crippen LogP contribution is 2.26. The maximum Gasteiger partial charge on any atom is 0.123 e. The summed E-state index contributed by atoms with van der Waals surface area (Å²) < 4.78 is 11.0. The van der Waals surface area contributed by atoms with Crippen molar-refractivity contribution in [3.63, 3.8) is 0 Å². The van der Waals surface area contributed by atoms with Crippen LogP contribution < -0.4 is 4.74 Å². The molecule has 1 unspecified atom stereocenters. The Bertz CT molecular complexity index is 307. The second-order valence-corrected chi connectivity index (χ2v) is 4.40. The number of hydrogen-bond acceptors (Lipinski definition) is 2. The molecule has 0 bridgehead atoms. The molecule has 90 valence electrons. The minimum absolute atomic E-state index is 0.194. The number of methoxy groups -OCH3 is 1. The lowest BCUT2D eigenvalue weighted by atomic mass is 10.0. The van der Waals surface area contributed by atoms with Crippen LogP contribution in [0.5, 0.6) is 5.75 Å². The third kappa shape index (κ3) is 3.86. The van der Waals surface area contributed by atoms with Crippen molar-refractivity contribution >= 4 is 0 Å². The molecule has 0 saturated heterocycles. The van der Waals surface area contributed by atoms with Gasteiger partial charge in [0.25, 0.3) is 0 Å². The van der Waals surface area contributed by atoms with Crippen molar-refractivity contribution in [3.05, 3.63) is 29.8 Å². The lowest BCUT2D eigenvalue weighted by Crippen LogP contribution is -2.15. The molecule has 0 heterocycles. The zero-order chi connectivity index (χ0) is 12.0. The van der Waals surface area contributed by atoms with Crippen molar-refractivity contribution in [2.45, 2.75) is 39.2 Å². The molecule has 1 aromatic carbocycles. The van der Waals surface area contributed by atoms with Crippen LogP contribution in [0.2, 0.25) is 0 Å². The zero-order valence-corrected chi connectivity index (χ0v) is 10.7. The van der Waals surface area contributed by atoms with Gasteiger partial charge in [0, 0.05) is 20.1 Å². The summed E-state index contributed by atoms with van der Waals surface area (Å²) >= 11 is 0. The van der Waals surface area contributed by atoms with Crippen molar-refractivity contribution in [1.29, 1.82) is 0 Å². The van der Waals surface area contributed by atoms with Crippen molar-refractivity contribution < 1.29 is 9.47 Å². The molecule has 16 heavy (non-hydrogen) atoms. The number of hydrogen-bond donors (Lipinski definition) is 0. The van der Waals surface area contributed by atoms with E-state index in [2.05, 4.69) is 32.9 Å². The zero-order valence-electron chi connectivity index (χ0n) is 10.7. The third-order valence-corrected chi connectivity index (χ3v) is 2.60. The highest BCUT2D eigenvalue weighted by Gasteiger charge is 2.10. The molecule has 0 fully saturated rings. The average Bonchev–Trinajstić information content (AvgIpc) is 2.27. The number of benzene rings is 1. The molecule has 0 aliphatic rings. The Morgan fingerprint density at radius 3 is 2.44 bits per heavy atom. The molecular formula is C14H22O2. The van der Waals surface area contributed by atoms with E-state index in [1.165, 1.54) is 5.56 Å².